The molecule has 0 radical (unpaired) electrons. The summed E-state index contributed by atoms with van der Waals surface area (Å²) >= 11 is 0. The number of hydrogen-bond acceptors (Lipinski definition) is 3. The second kappa shape index (κ2) is 6.51. The van der Waals surface area contributed by atoms with Crippen molar-refractivity contribution >= 4 is 5.91 Å². The van der Waals surface area contributed by atoms with Crippen molar-refractivity contribution in [3.8, 4) is 0 Å². The lowest BCUT2D eigenvalue weighted by atomic mass is 10.2. The normalized spacial score (nSPS) is 10.0. The molecule has 0 saturated carbocycles. The first-order valence-corrected chi connectivity index (χ1v) is 5.83. The number of amides is 1. The monoisotopic (exact) mass is 241 g/mol. The summed E-state index contributed by atoms with van der Waals surface area (Å²) < 4.78 is 0. The molecule has 4 heteroatoms. The zero-order chi connectivity index (χ0) is 12.6. The molecule has 1 amide bonds. The molecule has 0 bridgehead atoms. The molecule has 0 saturated heterocycles. The van der Waals surface area contributed by atoms with Gasteiger partial charge in [0.2, 0.25) is 0 Å². The zero-order valence-corrected chi connectivity index (χ0v) is 9.97. The molecule has 18 heavy (non-hydrogen) atoms. The van der Waals surface area contributed by atoms with Crippen molar-refractivity contribution in [2.45, 2.75) is 6.42 Å². The Bertz CT molecular complexity index is 485. The molecule has 1 heterocycles. The van der Waals surface area contributed by atoms with Gasteiger partial charge < -0.3 is 0 Å². The number of carbonyl (C=O) groups is 1. The van der Waals surface area contributed by atoms with Crippen LogP contribution in [-0.2, 0) is 6.42 Å². The first-order valence-electron chi connectivity index (χ1n) is 5.83. The van der Waals surface area contributed by atoms with Crippen LogP contribution in [-0.4, -0.2) is 17.4 Å². The van der Waals surface area contributed by atoms with Gasteiger partial charge in [-0.05, 0) is 24.1 Å². The van der Waals surface area contributed by atoms with Crippen LogP contribution in [0.1, 0.15) is 15.9 Å². The molecule has 0 aliphatic heterocycles. The predicted octanol–water partition coefficient (Wildman–Crippen LogP) is 1.56. The third-order valence-electron chi connectivity index (χ3n) is 2.53. The lowest BCUT2D eigenvalue weighted by Crippen LogP contribution is -2.38. The number of rotatable bonds is 5. The Morgan fingerprint density at radius 2 is 1.78 bits per heavy atom. The summed E-state index contributed by atoms with van der Waals surface area (Å²) in [5.74, 6) is -0.148. The van der Waals surface area contributed by atoms with Gasteiger partial charge in [-0.25, -0.2) is 5.43 Å². The Morgan fingerprint density at radius 3 is 2.50 bits per heavy atom. The molecule has 0 aliphatic carbocycles. The van der Waals surface area contributed by atoms with Crippen molar-refractivity contribution in [2.75, 3.05) is 6.54 Å². The highest BCUT2D eigenvalue weighted by Gasteiger charge is 2.02. The van der Waals surface area contributed by atoms with Crippen LogP contribution in [0.2, 0.25) is 0 Å². The lowest BCUT2D eigenvalue weighted by molar-refractivity contribution is 0.0933. The van der Waals surface area contributed by atoms with E-state index in [2.05, 4.69) is 28.0 Å². The molecule has 2 rings (SSSR count). The van der Waals surface area contributed by atoms with E-state index in [1.807, 2.05) is 18.2 Å². The van der Waals surface area contributed by atoms with Crippen LogP contribution < -0.4 is 10.9 Å². The minimum absolute atomic E-state index is 0.148. The largest absolute Gasteiger partial charge is 0.287 e. The highest BCUT2D eigenvalue weighted by Crippen LogP contribution is 1.98. The molecule has 0 unspecified atom stereocenters. The van der Waals surface area contributed by atoms with Gasteiger partial charge in [0, 0.05) is 24.5 Å². The SMILES string of the molecule is O=C(NNCCc1ccccc1)c1ccncc1. The third-order valence-corrected chi connectivity index (χ3v) is 2.53. The number of benzene rings is 1. The Hall–Kier alpha value is -2.20. The number of aromatic nitrogens is 1. The smallest absolute Gasteiger partial charge is 0.265 e. The molecule has 0 fully saturated rings. The summed E-state index contributed by atoms with van der Waals surface area (Å²) in [5.41, 5.74) is 7.40. The van der Waals surface area contributed by atoms with Crippen LogP contribution in [0, 0.1) is 0 Å². The maximum absolute atomic E-state index is 11.7. The van der Waals surface area contributed by atoms with E-state index >= 15 is 0 Å². The molecule has 0 spiro atoms. The quantitative estimate of drug-likeness (QED) is 0.617. The highest BCUT2D eigenvalue weighted by molar-refractivity contribution is 5.93. The summed E-state index contributed by atoms with van der Waals surface area (Å²) in [4.78, 5) is 15.5. The van der Waals surface area contributed by atoms with E-state index in [0.29, 0.717) is 12.1 Å². The second-order valence-corrected chi connectivity index (χ2v) is 3.85. The fourth-order valence-electron chi connectivity index (χ4n) is 1.57. The standard InChI is InChI=1S/C14H15N3O/c18-14(13-7-9-15-10-8-13)17-16-11-6-12-4-2-1-3-5-12/h1-5,7-10,16H,6,11H2,(H,17,18). The first-order chi connectivity index (χ1) is 8.86. The van der Waals surface area contributed by atoms with Crippen LogP contribution in [0.15, 0.2) is 54.9 Å². The van der Waals surface area contributed by atoms with Gasteiger partial charge in [0.1, 0.15) is 0 Å². The number of hydrogen-bond donors (Lipinski definition) is 2. The van der Waals surface area contributed by atoms with Gasteiger partial charge in [0.15, 0.2) is 0 Å². The van der Waals surface area contributed by atoms with Crippen LogP contribution >= 0.6 is 0 Å². The van der Waals surface area contributed by atoms with E-state index in [9.17, 15) is 4.79 Å². The van der Waals surface area contributed by atoms with E-state index in [1.54, 1.807) is 24.5 Å². The van der Waals surface area contributed by atoms with Crippen molar-refractivity contribution < 1.29 is 4.79 Å². The molecular formula is C14H15N3O. The molecule has 4 nitrogen and oxygen atoms in total. The molecule has 1 aromatic carbocycles. The van der Waals surface area contributed by atoms with Crippen LogP contribution in [0.3, 0.4) is 0 Å². The van der Waals surface area contributed by atoms with Crippen molar-refractivity contribution in [3.63, 3.8) is 0 Å². The lowest BCUT2D eigenvalue weighted by Gasteiger charge is -2.07. The summed E-state index contributed by atoms with van der Waals surface area (Å²) in [6, 6.07) is 13.5. The fourth-order valence-corrected chi connectivity index (χ4v) is 1.57. The van der Waals surface area contributed by atoms with Crippen LogP contribution in [0.5, 0.6) is 0 Å². The van der Waals surface area contributed by atoms with E-state index in [1.165, 1.54) is 5.56 Å². The number of pyridine rings is 1. The summed E-state index contributed by atoms with van der Waals surface area (Å²) in [7, 11) is 0. The number of nitrogens with one attached hydrogen (secondary N) is 2. The van der Waals surface area contributed by atoms with Gasteiger partial charge in [-0.15, -0.1) is 0 Å². The Morgan fingerprint density at radius 1 is 1.06 bits per heavy atom. The maximum Gasteiger partial charge on any atom is 0.265 e. The average Bonchev–Trinajstić information content (AvgIpc) is 2.45. The zero-order valence-electron chi connectivity index (χ0n) is 9.97. The van der Waals surface area contributed by atoms with Gasteiger partial charge in [-0.2, -0.15) is 0 Å². The van der Waals surface area contributed by atoms with Gasteiger partial charge in [0.25, 0.3) is 5.91 Å². The fraction of sp³-hybridized carbons (Fsp3) is 0.143. The van der Waals surface area contributed by atoms with Crippen molar-refractivity contribution in [1.29, 1.82) is 0 Å². The van der Waals surface area contributed by atoms with Gasteiger partial charge in [0.05, 0.1) is 0 Å². The van der Waals surface area contributed by atoms with Crippen LogP contribution in [0.25, 0.3) is 0 Å². The predicted molar refractivity (Wildman–Crippen MR) is 69.9 cm³/mol. The Kier molecular flexibility index (Phi) is 4.44. The second-order valence-electron chi connectivity index (χ2n) is 3.85. The maximum atomic E-state index is 11.7. The minimum Gasteiger partial charge on any atom is -0.287 e. The Balaban J connectivity index is 1.72. The van der Waals surface area contributed by atoms with E-state index in [0.717, 1.165) is 6.42 Å². The highest BCUT2D eigenvalue weighted by atomic mass is 16.2. The molecule has 0 aliphatic rings. The van der Waals surface area contributed by atoms with E-state index in [4.69, 9.17) is 0 Å². The molecular weight excluding hydrogens is 226 g/mol. The number of nitrogens with zero attached hydrogens (tertiary/aromatic N) is 1. The van der Waals surface area contributed by atoms with Crippen molar-refractivity contribution in [3.05, 3.63) is 66.0 Å². The topological polar surface area (TPSA) is 54.0 Å². The molecule has 2 N–H and O–H groups in total. The number of carbonyl (C=O) groups excluding carboxylic acids is 1. The summed E-state index contributed by atoms with van der Waals surface area (Å²) in [6.07, 6.45) is 4.06. The van der Waals surface area contributed by atoms with Crippen molar-refractivity contribution in [1.82, 2.24) is 15.8 Å². The molecule has 92 valence electrons. The molecule has 2 aromatic rings. The average molecular weight is 241 g/mol. The minimum atomic E-state index is -0.148. The van der Waals surface area contributed by atoms with Gasteiger partial charge >= 0.3 is 0 Å². The van der Waals surface area contributed by atoms with Gasteiger partial charge in [-0.1, -0.05) is 30.3 Å². The third kappa shape index (κ3) is 3.68. The summed E-state index contributed by atoms with van der Waals surface area (Å²) in [6.45, 7) is 0.695. The molecule has 0 atom stereocenters. The van der Waals surface area contributed by atoms with Gasteiger partial charge in [-0.3, -0.25) is 15.2 Å². The van der Waals surface area contributed by atoms with E-state index in [-0.39, 0.29) is 5.91 Å². The van der Waals surface area contributed by atoms with Crippen LogP contribution in [0.4, 0.5) is 0 Å². The molecule has 1 aromatic heterocycles. The Labute approximate surface area is 106 Å². The van der Waals surface area contributed by atoms with Crippen molar-refractivity contribution in [2.24, 2.45) is 0 Å². The summed E-state index contributed by atoms with van der Waals surface area (Å²) in [5, 5.41) is 0. The van der Waals surface area contributed by atoms with E-state index < -0.39 is 0 Å². The first kappa shape index (κ1) is 12.3. The number of hydrazine groups is 1.